The number of hydrogen-bond acceptors (Lipinski definition) is 5. The fraction of sp³-hybridized carbons (Fsp3) is 0.424. The van der Waals surface area contributed by atoms with E-state index in [1.807, 2.05) is 35.8 Å². The van der Waals surface area contributed by atoms with Crippen molar-refractivity contribution >= 4 is 27.6 Å². The maximum atomic E-state index is 12.7. The number of piperidine rings is 1. The Balaban J connectivity index is 1.19. The third-order valence-electron chi connectivity index (χ3n) is 7.67. The molecule has 0 radical (unpaired) electrons. The maximum Gasteiger partial charge on any atom is 0.354 e. The Morgan fingerprint density at radius 2 is 1.74 bits per heavy atom. The van der Waals surface area contributed by atoms with E-state index in [4.69, 9.17) is 9.47 Å². The summed E-state index contributed by atoms with van der Waals surface area (Å²) < 4.78 is 13.5. The van der Waals surface area contributed by atoms with E-state index in [0.717, 1.165) is 36.8 Å². The average molecular weight is 529 g/mol. The topological polar surface area (TPSA) is 63.9 Å². The summed E-state index contributed by atoms with van der Waals surface area (Å²) in [6.07, 6.45) is 1.58. The molecule has 1 saturated heterocycles. The standard InChI is InChI=1S/C33H40N2O4/c1-4-38-33(37)31-19-29-30(35(31)20-23(2)3)10-7-11-32(29)39-22-28(36)21-34-16-14-25(15-17-34)27-13-12-24-8-5-6-9-26(24)18-27/h5-13,18-19,23,25,28,36H,4,14-17,20-22H2,1-3H3/t28-/m0/s1. The molecule has 0 spiro atoms. The molecule has 6 heteroatoms. The van der Waals surface area contributed by atoms with Crippen molar-refractivity contribution in [2.75, 3.05) is 32.8 Å². The van der Waals surface area contributed by atoms with E-state index in [9.17, 15) is 9.90 Å². The Bertz CT molecular complexity index is 1420. The molecule has 2 heterocycles. The van der Waals surface area contributed by atoms with Gasteiger partial charge in [-0.05, 0) is 79.2 Å². The summed E-state index contributed by atoms with van der Waals surface area (Å²) in [6, 6.07) is 23.1. The van der Waals surface area contributed by atoms with Gasteiger partial charge in [0.05, 0.1) is 12.1 Å². The van der Waals surface area contributed by atoms with E-state index in [2.05, 4.69) is 61.2 Å². The second-order valence-electron chi connectivity index (χ2n) is 11.1. The van der Waals surface area contributed by atoms with E-state index < -0.39 is 6.10 Å². The first-order chi connectivity index (χ1) is 18.9. The average Bonchev–Trinajstić information content (AvgIpc) is 3.30. The van der Waals surface area contributed by atoms with Crippen LogP contribution >= 0.6 is 0 Å². The molecule has 1 fully saturated rings. The van der Waals surface area contributed by atoms with Gasteiger partial charge in [-0.25, -0.2) is 4.79 Å². The molecule has 1 atom stereocenters. The van der Waals surface area contributed by atoms with Crippen LogP contribution in [0.4, 0.5) is 0 Å². The highest BCUT2D eigenvalue weighted by Crippen LogP contribution is 2.32. The minimum Gasteiger partial charge on any atom is -0.490 e. The lowest BCUT2D eigenvalue weighted by atomic mass is 9.88. The van der Waals surface area contributed by atoms with Crippen LogP contribution in [0.1, 0.15) is 55.6 Å². The number of aliphatic hydroxyl groups excluding tert-OH is 1. The fourth-order valence-electron chi connectivity index (χ4n) is 5.77. The predicted molar refractivity (Wildman–Crippen MR) is 157 cm³/mol. The lowest BCUT2D eigenvalue weighted by Gasteiger charge is -2.33. The fourth-order valence-corrected chi connectivity index (χ4v) is 5.77. The highest BCUT2D eigenvalue weighted by Gasteiger charge is 2.23. The summed E-state index contributed by atoms with van der Waals surface area (Å²) >= 11 is 0. The number of rotatable bonds is 10. The molecule has 206 valence electrons. The van der Waals surface area contributed by atoms with Gasteiger partial charge in [-0.1, -0.05) is 62.4 Å². The first kappa shape index (κ1) is 27.2. The minimum absolute atomic E-state index is 0.202. The van der Waals surface area contributed by atoms with Crippen molar-refractivity contribution in [1.82, 2.24) is 9.47 Å². The molecule has 0 unspecified atom stereocenters. The van der Waals surface area contributed by atoms with Crippen molar-refractivity contribution in [2.45, 2.75) is 52.2 Å². The number of β-amino-alcohol motifs (C(OH)–C–C–N with tert-alkyl or cyclic N) is 1. The molecule has 0 saturated carbocycles. The van der Waals surface area contributed by atoms with Gasteiger partial charge in [0.2, 0.25) is 0 Å². The molecule has 0 bridgehead atoms. The zero-order valence-corrected chi connectivity index (χ0v) is 23.3. The van der Waals surface area contributed by atoms with Crippen LogP contribution in [-0.2, 0) is 11.3 Å². The number of fused-ring (bicyclic) bond motifs is 2. The van der Waals surface area contributed by atoms with E-state index in [1.165, 1.54) is 16.3 Å². The summed E-state index contributed by atoms with van der Waals surface area (Å²) in [5, 5.41) is 14.3. The van der Waals surface area contributed by atoms with Crippen LogP contribution in [0.3, 0.4) is 0 Å². The predicted octanol–water partition coefficient (Wildman–Crippen LogP) is 6.25. The molecular formula is C33H40N2O4. The van der Waals surface area contributed by atoms with Gasteiger partial charge in [-0.15, -0.1) is 0 Å². The summed E-state index contributed by atoms with van der Waals surface area (Å²) in [4.78, 5) is 15.0. The molecule has 0 amide bonds. The molecule has 1 N–H and O–H groups in total. The zero-order valence-electron chi connectivity index (χ0n) is 23.3. The van der Waals surface area contributed by atoms with Crippen LogP contribution in [-0.4, -0.2) is 59.5 Å². The molecule has 0 aliphatic carbocycles. The Labute approximate surface area is 231 Å². The van der Waals surface area contributed by atoms with Crippen LogP contribution in [0.15, 0.2) is 66.7 Å². The molecule has 3 aromatic carbocycles. The molecule has 1 aromatic heterocycles. The number of carbonyl (C=O) groups excluding carboxylic acids is 1. The number of carbonyl (C=O) groups is 1. The Morgan fingerprint density at radius 3 is 2.49 bits per heavy atom. The molecular weight excluding hydrogens is 488 g/mol. The minimum atomic E-state index is -0.597. The number of aromatic nitrogens is 1. The summed E-state index contributed by atoms with van der Waals surface area (Å²) in [6.45, 7) is 9.82. The summed E-state index contributed by atoms with van der Waals surface area (Å²) in [7, 11) is 0. The van der Waals surface area contributed by atoms with Crippen molar-refractivity contribution in [2.24, 2.45) is 5.92 Å². The van der Waals surface area contributed by atoms with Crippen molar-refractivity contribution < 1.29 is 19.4 Å². The number of likely N-dealkylation sites (tertiary alicyclic amines) is 1. The molecule has 39 heavy (non-hydrogen) atoms. The zero-order chi connectivity index (χ0) is 27.4. The Morgan fingerprint density at radius 1 is 0.974 bits per heavy atom. The first-order valence-electron chi connectivity index (χ1n) is 14.2. The highest BCUT2D eigenvalue weighted by molar-refractivity contribution is 5.98. The number of benzene rings is 3. The molecule has 4 aromatic rings. The number of ether oxygens (including phenoxy) is 2. The lowest BCUT2D eigenvalue weighted by molar-refractivity contribution is 0.0513. The third kappa shape index (κ3) is 6.29. The highest BCUT2D eigenvalue weighted by atomic mass is 16.5. The van der Waals surface area contributed by atoms with Gasteiger partial charge in [0.1, 0.15) is 24.2 Å². The second kappa shape index (κ2) is 12.2. The SMILES string of the molecule is CCOC(=O)c1cc2c(OC[C@@H](O)CN3CCC(c4ccc5ccccc5c4)CC3)cccc2n1CC(C)C. The second-order valence-corrected chi connectivity index (χ2v) is 11.1. The molecule has 5 rings (SSSR count). The quantitative estimate of drug-likeness (QED) is 0.247. The van der Waals surface area contributed by atoms with E-state index in [1.54, 1.807) is 0 Å². The monoisotopic (exact) mass is 528 g/mol. The van der Waals surface area contributed by atoms with Gasteiger partial charge in [-0.3, -0.25) is 0 Å². The van der Waals surface area contributed by atoms with Gasteiger partial charge in [0.25, 0.3) is 0 Å². The first-order valence-corrected chi connectivity index (χ1v) is 14.2. The molecule has 6 nitrogen and oxygen atoms in total. The van der Waals surface area contributed by atoms with Crippen LogP contribution < -0.4 is 4.74 Å². The van der Waals surface area contributed by atoms with Crippen molar-refractivity contribution in [1.29, 1.82) is 0 Å². The number of nitrogens with zero attached hydrogens (tertiary/aromatic N) is 2. The maximum absolute atomic E-state index is 12.7. The number of esters is 1. The normalized spacial score (nSPS) is 15.7. The van der Waals surface area contributed by atoms with Gasteiger partial charge in [0.15, 0.2) is 0 Å². The van der Waals surface area contributed by atoms with E-state index in [0.29, 0.717) is 43.0 Å². The van der Waals surface area contributed by atoms with E-state index in [-0.39, 0.29) is 12.6 Å². The lowest BCUT2D eigenvalue weighted by Crippen LogP contribution is -2.40. The van der Waals surface area contributed by atoms with Crippen LogP contribution in [0.2, 0.25) is 0 Å². The van der Waals surface area contributed by atoms with Gasteiger partial charge in [0, 0.05) is 18.5 Å². The Kier molecular flexibility index (Phi) is 8.53. The Hall–Kier alpha value is -3.35. The smallest absolute Gasteiger partial charge is 0.354 e. The number of aliphatic hydroxyl groups is 1. The summed E-state index contributed by atoms with van der Waals surface area (Å²) in [5.41, 5.74) is 2.89. The molecule has 1 aliphatic rings. The molecule has 1 aliphatic heterocycles. The van der Waals surface area contributed by atoms with Gasteiger partial charge >= 0.3 is 5.97 Å². The van der Waals surface area contributed by atoms with Gasteiger partial charge < -0.3 is 24.0 Å². The third-order valence-corrected chi connectivity index (χ3v) is 7.67. The van der Waals surface area contributed by atoms with Crippen LogP contribution in [0, 0.1) is 5.92 Å². The van der Waals surface area contributed by atoms with Gasteiger partial charge in [-0.2, -0.15) is 0 Å². The number of hydrogen-bond donors (Lipinski definition) is 1. The van der Waals surface area contributed by atoms with Crippen LogP contribution in [0.5, 0.6) is 5.75 Å². The van der Waals surface area contributed by atoms with Crippen molar-refractivity contribution in [3.63, 3.8) is 0 Å². The van der Waals surface area contributed by atoms with E-state index >= 15 is 0 Å². The van der Waals surface area contributed by atoms with Crippen molar-refractivity contribution in [3.05, 3.63) is 78.0 Å². The van der Waals surface area contributed by atoms with Crippen molar-refractivity contribution in [3.8, 4) is 5.75 Å². The van der Waals surface area contributed by atoms with Crippen LogP contribution in [0.25, 0.3) is 21.7 Å². The summed E-state index contributed by atoms with van der Waals surface area (Å²) in [5.74, 6) is 1.27. The largest absolute Gasteiger partial charge is 0.490 e.